The maximum Gasteiger partial charge on any atom is 0.274 e. The molecule has 0 spiro atoms. The molecular formula is C19H27ClN6O2. The molecule has 9 heteroatoms. The molecule has 1 aliphatic heterocycles. The van der Waals surface area contributed by atoms with Crippen molar-refractivity contribution in [2.75, 3.05) is 18.4 Å². The Kier molecular flexibility index (Phi) is 6.07. The average molecular weight is 407 g/mol. The minimum atomic E-state index is -0.354. The Morgan fingerprint density at radius 3 is 2.54 bits per heavy atom. The van der Waals surface area contributed by atoms with Gasteiger partial charge in [-0.1, -0.05) is 18.5 Å². The summed E-state index contributed by atoms with van der Waals surface area (Å²) < 4.78 is 3.27. The monoisotopic (exact) mass is 406 g/mol. The molecule has 2 amide bonds. The van der Waals surface area contributed by atoms with E-state index >= 15 is 0 Å². The Balaban J connectivity index is 1.71. The molecular weight excluding hydrogens is 380 g/mol. The summed E-state index contributed by atoms with van der Waals surface area (Å²) in [6.45, 7) is 7.43. The molecule has 1 N–H and O–H groups in total. The number of nitrogens with zero attached hydrogens (tertiary/aromatic N) is 5. The number of carbonyl (C=O) groups is 2. The molecule has 2 aromatic rings. The van der Waals surface area contributed by atoms with E-state index in [0.717, 1.165) is 43.7 Å². The highest BCUT2D eigenvalue weighted by atomic mass is 35.5. The van der Waals surface area contributed by atoms with Gasteiger partial charge in [0.25, 0.3) is 5.91 Å². The van der Waals surface area contributed by atoms with Crippen LogP contribution in [0.4, 0.5) is 5.69 Å². The number of hydrogen-bond donors (Lipinski definition) is 1. The third kappa shape index (κ3) is 4.06. The summed E-state index contributed by atoms with van der Waals surface area (Å²) in [7, 11) is 1.72. The zero-order chi connectivity index (χ0) is 20.4. The second kappa shape index (κ2) is 8.34. The van der Waals surface area contributed by atoms with Gasteiger partial charge in [0, 0.05) is 20.1 Å². The van der Waals surface area contributed by atoms with Gasteiger partial charge in [-0.05, 0) is 33.1 Å². The van der Waals surface area contributed by atoms with Crippen molar-refractivity contribution in [3.8, 4) is 0 Å². The maximum absolute atomic E-state index is 12.9. The molecule has 0 bridgehead atoms. The van der Waals surface area contributed by atoms with Gasteiger partial charge in [0.2, 0.25) is 5.91 Å². The van der Waals surface area contributed by atoms with Crippen LogP contribution in [0.3, 0.4) is 0 Å². The highest BCUT2D eigenvalue weighted by Crippen LogP contribution is 2.22. The summed E-state index contributed by atoms with van der Waals surface area (Å²) in [6.07, 6.45) is 4.69. The molecule has 1 atom stereocenters. The summed E-state index contributed by atoms with van der Waals surface area (Å²) in [6, 6.07) is 0. The van der Waals surface area contributed by atoms with E-state index in [9.17, 15) is 9.59 Å². The highest BCUT2D eigenvalue weighted by molar-refractivity contribution is 6.31. The molecule has 0 aliphatic carbocycles. The van der Waals surface area contributed by atoms with E-state index in [1.165, 1.54) is 10.9 Å². The number of nitrogens with one attached hydrogen (secondary N) is 1. The minimum absolute atomic E-state index is 0.0898. The first-order chi connectivity index (χ1) is 13.3. The first-order valence-corrected chi connectivity index (χ1v) is 9.99. The number of aryl methyl sites for hydroxylation is 2. The van der Waals surface area contributed by atoms with E-state index in [-0.39, 0.29) is 17.7 Å². The topological polar surface area (TPSA) is 85.0 Å². The Bertz CT molecular complexity index is 881. The van der Waals surface area contributed by atoms with E-state index in [1.807, 2.05) is 25.7 Å². The van der Waals surface area contributed by atoms with Crippen molar-refractivity contribution in [2.45, 2.75) is 46.6 Å². The molecule has 0 saturated carbocycles. The first kappa shape index (κ1) is 20.4. The van der Waals surface area contributed by atoms with Crippen LogP contribution in [0.15, 0.2) is 6.20 Å². The lowest BCUT2D eigenvalue weighted by molar-refractivity contribution is -0.119. The Morgan fingerprint density at radius 1 is 1.25 bits per heavy atom. The molecule has 152 valence electrons. The van der Waals surface area contributed by atoms with E-state index in [1.54, 1.807) is 11.7 Å². The van der Waals surface area contributed by atoms with Gasteiger partial charge in [0.1, 0.15) is 5.69 Å². The van der Waals surface area contributed by atoms with Crippen LogP contribution in [0.1, 0.15) is 48.1 Å². The summed E-state index contributed by atoms with van der Waals surface area (Å²) in [5.41, 5.74) is 2.44. The van der Waals surface area contributed by atoms with Crippen molar-refractivity contribution < 1.29 is 9.59 Å². The zero-order valence-corrected chi connectivity index (χ0v) is 17.6. The largest absolute Gasteiger partial charge is 0.337 e. The molecule has 1 unspecified atom stereocenters. The smallest absolute Gasteiger partial charge is 0.274 e. The number of anilines is 1. The quantitative estimate of drug-likeness (QED) is 0.827. The van der Waals surface area contributed by atoms with Gasteiger partial charge in [-0.3, -0.25) is 19.0 Å². The maximum atomic E-state index is 12.9. The molecule has 1 fully saturated rings. The van der Waals surface area contributed by atoms with Gasteiger partial charge in [-0.15, -0.1) is 0 Å². The van der Waals surface area contributed by atoms with Crippen molar-refractivity contribution in [2.24, 2.45) is 13.0 Å². The van der Waals surface area contributed by atoms with Crippen molar-refractivity contribution in [3.05, 3.63) is 28.3 Å². The van der Waals surface area contributed by atoms with Crippen LogP contribution in [-0.4, -0.2) is 49.4 Å². The van der Waals surface area contributed by atoms with E-state index in [0.29, 0.717) is 22.9 Å². The van der Waals surface area contributed by atoms with Gasteiger partial charge in [0.15, 0.2) is 0 Å². The Hall–Kier alpha value is -2.35. The molecule has 1 aliphatic rings. The van der Waals surface area contributed by atoms with Crippen LogP contribution in [0.2, 0.25) is 5.02 Å². The number of aromatic nitrogens is 4. The van der Waals surface area contributed by atoms with Crippen LogP contribution >= 0.6 is 11.6 Å². The predicted molar refractivity (Wildman–Crippen MR) is 107 cm³/mol. The van der Waals surface area contributed by atoms with Crippen LogP contribution in [0, 0.1) is 19.8 Å². The van der Waals surface area contributed by atoms with Crippen molar-refractivity contribution in [1.82, 2.24) is 24.5 Å². The standard InChI is InChI=1S/C19H27ClN6O2/c1-12(11-26-14(3)16(20)13(2)23-26)18(27)22-15-10-21-24(4)17(15)19(28)25-8-6-5-7-9-25/h10,12H,5-9,11H2,1-4H3,(H,22,27). The van der Waals surface area contributed by atoms with Crippen LogP contribution in [0.5, 0.6) is 0 Å². The number of rotatable bonds is 5. The van der Waals surface area contributed by atoms with E-state index < -0.39 is 0 Å². The number of hydrogen-bond acceptors (Lipinski definition) is 4. The van der Waals surface area contributed by atoms with Crippen molar-refractivity contribution in [3.63, 3.8) is 0 Å². The first-order valence-electron chi connectivity index (χ1n) is 9.61. The molecule has 3 heterocycles. The van der Waals surface area contributed by atoms with E-state index in [4.69, 9.17) is 11.6 Å². The fourth-order valence-electron chi connectivity index (χ4n) is 3.48. The zero-order valence-electron chi connectivity index (χ0n) is 16.8. The predicted octanol–water partition coefficient (Wildman–Crippen LogP) is 2.79. The second-order valence-electron chi connectivity index (χ2n) is 7.44. The summed E-state index contributed by atoms with van der Waals surface area (Å²) in [5, 5.41) is 12.0. The molecule has 0 radical (unpaired) electrons. The summed E-state index contributed by atoms with van der Waals surface area (Å²) in [5.74, 6) is -0.635. The molecule has 28 heavy (non-hydrogen) atoms. The second-order valence-corrected chi connectivity index (χ2v) is 7.82. The lowest BCUT2D eigenvalue weighted by atomic mass is 10.1. The summed E-state index contributed by atoms with van der Waals surface area (Å²) in [4.78, 5) is 27.5. The lowest BCUT2D eigenvalue weighted by Crippen LogP contribution is -2.37. The Labute approximate surface area is 169 Å². The molecule has 2 aromatic heterocycles. The molecule has 1 saturated heterocycles. The summed E-state index contributed by atoms with van der Waals surface area (Å²) >= 11 is 6.19. The van der Waals surface area contributed by atoms with Crippen molar-refractivity contribution in [1.29, 1.82) is 0 Å². The number of amides is 2. The van der Waals surface area contributed by atoms with Crippen LogP contribution in [0.25, 0.3) is 0 Å². The van der Waals surface area contributed by atoms with Crippen LogP contribution < -0.4 is 5.32 Å². The fraction of sp³-hybridized carbons (Fsp3) is 0.579. The average Bonchev–Trinajstić information content (AvgIpc) is 3.16. The highest BCUT2D eigenvalue weighted by Gasteiger charge is 2.26. The molecule has 8 nitrogen and oxygen atoms in total. The number of carbonyl (C=O) groups excluding carboxylic acids is 2. The van der Waals surface area contributed by atoms with Gasteiger partial charge in [-0.25, -0.2) is 0 Å². The fourth-order valence-corrected chi connectivity index (χ4v) is 3.62. The third-order valence-corrected chi connectivity index (χ3v) is 5.78. The molecule has 0 aromatic carbocycles. The molecule has 3 rings (SSSR count). The normalized spacial score (nSPS) is 15.5. The minimum Gasteiger partial charge on any atom is -0.337 e. The van der Waals surface area contributed by atoms with E-state index in [2.05, 4.69) is 15.5 Å². The van der Waals surface area contributed by atoms with Gasteiger partial charge < -0.3 is 10.2 Å². The van der Waals surface area contributed by atoms with Crippen LogP contribution in [-0.2, 0) is 18.4 Å². The van der Waals surface area contributed by atoms with Crippen molar-refractivity contribution >= 4 is 29.1 Å². The van der Waals surface area contributed by atoms with Gasteiger partial charge in [-0.2, -0.15) is 10.2 Å². The third-order valence-electron chi connectivity index (χ3n) is 5.23. The van der Waals surface area contributed by atoms with Gasteiger partial charge in [0.05, 0.1) is 40.8 Å². The Morgan fingerprint density at radius 2 is 1.93 bits per heavy atom. The number of piperidine rings is 1. The SMILES string of the molecule is Cc1nn(CC(C)C(=O)Nc2cnn(C)c2C(=O)N2CCCCC2)c(C)c1Cl. The number of halogens is 1. The number of likely N-dealkylation sites (tertiary alicyclic amines) is 1. The van der Waals surface area contributed by atoms with Gasteiger partial charge >= 0.3 is 0 Å². The lowest BCUT2D eigenvalue weighted by Gasteiger charge is -2.27.